The molecule has 1 N–H and O–H groups in total. The second kappa shape index (κ2) is 10.7. The van der Waals surface area contributed by atoms with E-state index in [-0.39, 0.29) is 12.5 Å². The fraction of sp³-hybridized carbons (Fsp3) is 0.167. The van der Waals surface area contributed by atoms with E-state index in [0.717, 1.165) is 29.0 Å². The van der Waals surface area contributed by atoms with Crippen LogP contribution in [0.4, 0.5) is 0 Å². The molecule has 0 aliphatic carbocycles. The van der Waals surface area contributed by atoms with E-state index in [2.05, 4.69) is 10.5 Å². The average molecular weight is 388 g/mol. The average Bonchev–Trinajstić information content (AvgIpc) is 2.79. The van der Waals surface area contributed by atoms with E-state index < -0.39 is 0 Å². The first-order valence-electron chi connectivity index (χ1n) is 9.55. The molecule has 0 saturated carbocycles. The smallest absolute Gasteiger partial charge is 0.277 e. The van der Waals surface area contributed by atoms with Crippen molar-refractivity contribution < 1.29 is 14.3 Å². The predicted molar refractivity (Wildman–Crippen MR) is 114 cm³/mol. The zero-order valence-electron chi connectivity index (χ0n) is 16.4. The van der Waals surface area contributed by atoms with Crippen molar-refractivity contribution in [2.24, 2.45) is 5.10 Å². The molecule has 0 atom stereocenters. The Hall–Kier alpha value is -3.60. The topological polar surface area (TPSA) is 59.9 Å². The van der Waals surface area contributed by atoms with Crippen LogP contribution in [0.3, 0.4) is 0 Å². The standard InChI is InChI=1S/C24H24N2O3/c1-2-23(20-11-7-4-8-12-20)25-26-24(27)18-29-22-15-13-21(14-16-22)28-17-19-9-5-3-6-10-19/h3-16H,2,17-18H2,1H3,(H,26,27)/b25-23+. The molecule has 0 spiro atoms. The van der Waals surface area contributed by atoms with Gasteiger partial charge in [0.05, 0.1) is 5.71 Å². The Labute approximate surface area is 171 Å². The summed E-state index contributed by atoms with van der Waals surface area (Å²) in [5, 5.41) is 4.21. The molecule has 29 heavy (non-hydrogen) atoms. The van der Waals surface area contributed by atoms with Gasteiger partial charge in [0.2, 0.25) is 0 Å². The fourth-order valence-electron chi connectivity index (χ4n) is 2.66. The zero-order chi connectivity index (χ0) is 20.3. The Morgan fingerprint density at radius 1 is 0.828 bits per heavy atom. The molecule has 1 amide bonds. The number of carbonyl (C=O) groups is 1. The Morgan fingerprint density at radius 2 is 1.41 bits per heavy atom. The van der Waals surface area contributed by atoms with Gasteiger partial charge in [-0.1, -0.05) is 67.6 Å². The van der Waals surface area contributed by atoms with Gasteiger partial charge in [-0.25, -0.2) is 5.43 Å². The third-order valence-corrected chi connectivity index (χ3v) is 4.20. The van der Waals surface area contributed by atoms with E-state index in [0.29, 0.717) is 12.4 Å². The van der Waals surface area contributed by atoms with Crippen LogP contribution in [0.25, 0.3) is 0 Å². The number of nitrogens with zero attached hydrogens (tertiary/aromatic N) is 1. The van der Waals surface area contributed by atoms with Gasteiger partial charge in [-0.2, -0.15) is 5.10 Å². The van der Waals surface area contributed by atoms with E-state index in [4.69, 9.17) is 9.47 Å². The van der Waals surface area contributed by atoms with E-state index >= 15 is 0 Å². The molecule has 0 unspecified atom stereocenters. The van der Waals surface area contributed by atoms with Crippen molar-refractivity contribution in [2.45, 2.75) is 20.0 Å². The van der Waals surface area contributed by atoms with E-state index in [1.54, 1.807) is 12.1 Å². The maximum Gasteiger partial charge on any atom is 0.277 e. The van der Waals surface area contributed by atoms with E-state index in [1.165, 1.54) is 0 Å². The minimum Gasteiger partial charge on any atom is -0.489 e. The highest BCUT2D eigenvalue weighted by Crippen LogP contribution is 2.18. The van der Waals surface area contributed by atoms with Crippen LogP contribution in [0.1, 0.15) is 24.5 Å². The highest BCUT2D eigenvalue weighted by atomic mass is 16.5. The van der Waals surface area contributed by atoms with Crippen molar-refractivity contribution in [3.8, 4) is 11.5 Å². The molecule has 0 heterocycles. The Balaban J connectivity index is 1.45. The number of rotatable bonds is 9. The molecule has 5 heteroatoms. The fourth-order valence-corrected chi connectivity index (χ4v) is 2.66. The molecule has 5 nitrogen and oxygen atoms in total. The van der Waals surface area contributed by atoms with Gasteiger partial charge in [0.15, 0.2) is 6.61 Å². The van der Waals surface area contributed by atoms with Gasteiger partial charge in [-0.05, 0) is 41.8 Å². The van der Waals surface area contributed by atoms with Gasteiger partial charge in [-0.3, -0.25) is 4.79 Å². The molecule has 3 aromatic rings. The van der Waals surface area contributed by atoms with Crippen molar-refractivity contribution in [2.75, 3.05) is 6.61 Å². The van der Waals surface area contributed by atoms with Crippen LogP contribution >= 0.6 is 0 Å². The summed E-state index contributed by atoms with van der Waals surface area (Å²) in [6.45, 7) is 2.39. The van der Waals surface area contributed by atoms with Crippen LogP contribution in [-0.2, 0) is 11.4 Å². The maximum atomic E-state index is 12.0. The number of hydrazone groups is 1. The van der Waals surface area contributed by atoms with Crippen molar-refractivity contribution in [1.82, 2.24) is 5.43 Å². The number of carbonyl (C=O) groups excluding carboxylic acids is 1. The Kier molecular flexibility index (Phi) is 7.41. The molecule has 0 radical (unpaired) electrons. The SMILES string of the molecule is CC/C(=N\NC(=O)COc1ccc(OCc2ccccc2)cc1)c1ccccc1. The van der Waals surface area contributed by atoms with E-state index in [1.807, 2.05) is 79.7 Å². The summed E-state index contributed by atoms with van der Waals surface area (Å²) in [6.07, 6.45) is 0.718. The van der Waals surface area contributed by atoms with Crippen LogP contribution in [-0.4, -0.2) is 18.2 Å². The number of hydrogen-bond acceptors (Lipinski definition) is 4. The number of amides is 1. The van der Waals surface area contributed by atoms with Crippen LogP contribution in [0.2, 0.25) is 0 Å². The monoisotopic (exact) mass is 388 g/mol. The van der Waals surface area contributed by atoms with Crippen molar-refractivity contribution in [3.05, 3.63) is 96.1 Å². The second-order valence-electron chi connectivity index (χ2n) is 6.35. The molecule has 0 aliphatic rings. The number of hydrogen-bond donors (Lipinski definition) is 1. The molecular formula is C24H24N2O3. The lowest BCUT2D eigenvalue weighted by Crippen LogP contribution is -2.26. The molecule has 3 rings (SSSR count). The van der Waals surface area contributed by atoms with Gasteiger partial charge < -0.3 is 9.47 Å². The first-order valence-corrected chi connectivity index (χ1v) is 9.55. The number of nitrogens with one attached hydrogen (secondary N) is 1. The third-order valence-electron chi connectivity index (χ3n) is 4.20. The minimum atomic E-state index is -0.309. The lowest BCUT2D eigenvalue weighted by Gasteiger charge is -2.09. The number of benzene rings is 3. The quantitative estimate of drug-likeness (QED) is 0.431. The lowest BCUT2D eigenvalue weighted by molar-refractivity contribution is -0.123. The van der Waals surface area contributed by atoms with Crippen molar-refractivity contribution in [3.63, 3.8) is 0 Å². The summed E-state index contributed by atoms with van der Waals surface area (Å²) >= 11 is 0. The molecule has 148 valence electrons. The third kappa shape index (κ3) is 6.50. The summed E-state index contributed by atoms with van der Waals surface area (Å²) in [7, 11) is 0. The normalized spacial score (nSPS) is 11.0. The lowest BCUT2D eigenvalue weighted by atomic mass is 10.1. The molecule has 0 fully saturated rings. The summed E-state index contributed by atoms with van der Waals surface area (Å²) < 4.78 is 11.3. The first-order chi connectivity index (χ1) is 14.2. The van der Waals surface area contributed by atoms with Crippen LogP contribution in [0, 0.1) is 0 Å². The highest BCUT2D eigenvalue weighted by Gasteiger charge is 2.05. The van der Waals surface area contributed by atoms with Crippen LogP contribution in [0.5, 0.6) is 11.5 Å². The minimum absolute atomic E-state index is 0.112. The maximum absolute atomic E-state index is 12.0. The number of ether oxygens (including phenoxy) is 2. The van der Waals surface area contributed by atoms with E-state index in [9.17, 15) is 4.79 Å². The van der Waals surface area contributed by atoms with Gasteiger partial charge in [0.1, 0.15) is 18.1 Å². The van der Waals surface area contributed by atoms with Gasteiger partial charge in [-0.15, -0.1) is 0 Å². The highest BCUT2D eigenvalue weighted by molar-refractivity contribution is 6.00. The molecule has 3 aromatic carbocycles. The van der Waals surface area contributed by atoms with Gasteiger partial charge >= 0.3 is 0 Å². The summed E-state index contributed by atoms with van der Waals surface area (Å²) in [5.74, 6) is 1.02. The summed E-state index contributed by atoms with van der Waals surface area (Å²) in [5.41, 5.74) is 5.46. The Morgan fingerprint density at radius 3 is 2.03 bits per heavy atom. The second-order valence-corrected chi connectivity index (χ2v) is 6.35. The van der Waals surface area contributed by atoms with Crippen molar-refractivity contribution >= 4 is 11.6 Å². The van der Waals surface area contributed by atoms with Crippen molar-refractivity contribution in [1.29, 1.82) is 0 Å². The first kappa shape index (κ1) is 20.1. The van der Waals surface area contributed by atoms with Crippen LogP contribution in [0.15, 0.2) is 90.0 Å². The molecular weight excluding hydrogens is 364 g/mol. The molecule has 0 saturated heterocycles. The largest absolute Gasteiger partial charge is 0.489 e. The molecule has 0 aliphatic heterocycles. The summed E-state index contributed by atoms with van der Waals surface area (Å²) in [6, 6.07) is 26.9. The zero-order valence-corrected chi connectivity index (χ0v) is 16.4. The van der Waals surface area contributed by atoms with Gasteiger partial charge in [0.25, 0.3) is 5.91 Å². The predicted octanol–water partition coefficient (Wildman–Crippen LogP) is 4.57. The Bertz CT molecular complexity index is 923. The van der Waals surface area contributed by atoms with Crippen LogP contribution < -0.4 is 14.9 Å². The molecule has 0 bridgehead atoms. The summed E-state index contributed by atoms with van der Waals surface area (Å²) in [4.78, 5) is 12.0. The van der Waals surface area contributed by atoms with Gasteiger partial charge in [0, 0.05) is 0 Å². The molecule has 0 aromatic heterocycles.